The van der Waals surface area contributed by atoms with Crippen LogP contribution in [0.5, 0.6) is 0 Å². The summed E-state index contributed by atoms with van der Waals surface area (Å²) in [6.45, 7) is 5.81. The van der Waals surface area contributed by atoms with Gasteiger partial charge < -0.3 is 11.1 Å². The Labute approximate surface area is 130 Å². The van der Waals surface area contributed by atoms with E-state index in [1.807, 2.05) is 39.0 Å². The zero-order valence-corrected chi connectivity index (χ0v) is 13.0. The van der Waals surface area contributed by atoms with E-state index in [1.54, 1.807) is 30.3 Å². The van der Waals surface area contributed by atoms with E-state index in [2.05, 4.69) is 5.32 Å². The van der Waals surface area contributed by atoms with Crippen LogP contribution in [0.1, 0.15) is 41.5 Å². The summed E-state index contributed by atoms with van der Waals surface area (Å²) in [5.41, 5.74) is 7.75. The molecule has 0 heterocycles. The van der Waals surface area contributed by atoms with Crippen LogP contribution in [0.2, 0.25) is 0 Å². The van der Waals surface area contributed by atoms with E-state index in [0.717, 1.165) is 11.1 Å². The van der Waals surface area contributed by atoms with Gasteiger partial charge in [0.05, 0.1) is 0 Å². The van der Waals surface area contributed by atoms with Crippen LogP contribution in [0.25, 0.3) is 11.1 Å². The standard InChI is InChI=1S/C18H20N2O2/c1-18(2,3)20-17(22)15-9-5-7-13(11-15)12-6-4-8-14(10-12)16(19)21/h4-11H,1-3H3,(H2,19,21)(H,20,22). The minimum absolute atomic E-state index is 0.125. The second-order valence-electron chi connectivity index (χ2n) is 6.23. The van der Waals surface area contributed by atoms with Crippen molar-refractivity contribution in [2.24, 2.45) is 5.73 Å². The maximum absolute atomic E-state index is 12.2. The van der Waals surface area contributed by atoms with Crippen molar-refractivity contribution in [3.05, 3.63) is 59.7 Å². The van der Waals surface area contributed by atoms with Crippen molar-refractivity contribution in [1.29, 1.82) is 0 Å². The van der Waals surface area contributed by atoms with E-state index in [-0.39, 0.29) is 11.4 Å². The SMILES string of the molecule is CC(C)(C)NC(=O)c1cccc(-c2cccc(C(N)=O)c2)c1. The van der Waals surface area contributed by atoms with Crippen molar-refractivity contribution in [1.82, 2.24) is 5.32 Å². The van der Waals surface area contributed by atoms with Crippen LogP contribution in [0.3, 0.4) is 0 Å². The Bertz CT molecular complexity index is 715. The topological polar surface area (TPSA) is 72.2 Å². The first-order valence-corrected chi connectivity index (χ1v) is 7.09. The number of nitrogens with two attached hydrogens (primary N) is 1. The lowest BCUT2D eigenvalue weighted by atomic mass is 10.00. The third-order valence-corrected chi connectivity index (χ3v) is 3.09. The van der Waals surface area contributed by atoms with E-state index in [4.69, 9.17) is 5.73 Å². The van der Waals surface area contributed by atoms with Gasteiger partial charge in [-0.2, -0.15) is 0 Å². The average Bonchev–Trinajstić information content (AvgIpc) is 2.46. The molecule has 114 valence electrons. The Morgan fingerprint density at radius 1 is 0.909 bits per heavy atom. The fourth-order valence-electron chi connectivity index (χ4n) is 2.10. The summed E-state index contributed by atoms with van der Waals surface area (Å²) in [7, 11) is 0. The fraction of sp³-hybridized carbons (Fsp3) is 0.222. The Balaban J connectivity index is 2.34. The minimum atomic E-state index is -0.469. The highest BCUT2D eigenvalue weighted by Crippen LogP contribution is 2.22. The molecule has 0 bridgehead atoms. The maximum atomic E-state index is 12.2. The molecular formula is C18H20N2O2. The number of benzene rings is 2. The summed E-state index contributed by atoms with van der Waals surface area (Å²) < 4.78 is 0. The van der Waals surface area contributed by atoms with Gasteiger partial charge in [-0.15, -0.1) is 0 Å². The van der Waals surface area contributed by atoms with Crippen molar-refractivity contribution in [2.75, 3.05) is 0 Å². The lowest BCUT2D eigenvalue weighted by molar-refractivity contribution is 0.0918. The number of amides is 2. The highest BCUT2D eigenvalue weighted by molar-refractivity contribution is 5.96. The van der Waals surface area contributed by atoms with E-state index in [0.29, 0.717) is 11.1 Å². The van der Waals surface area contributed by atoms with E-state index < -0.39 is 5.91 Å². The quantitative estimate of drug-likeness (QED) is 0.914. The molecule has 0 radical (unpaired) electrons. The predicted molar refractivity (Wildman–Crippen MR) is 87.6 cm³/mol. The lowest BCUT2D eigenvalue weighted by Crippen LogP contribution is -2.40. The molecule has 0 spiro atoms. The second kappa shape index (κ2) is 6.02. The van der Waals surface area contributed by atoms with Crippen LogP contribution >= 0.6 is 0 Å². The third kappa shape index (κ3) is 3.95. The Kier molecular flexibility index (Phi) is 4.31. The van der Waals surface area contributed by atoms with Gasteiger partial charge in [-0.3, -0.25) is 9.59 Å². The fourth-order valence-corrected chi connectivity index (χ4v) is 2.10. The van der Waals surface area contributed by atoms with Crippen LogP contribution < -0.4 is 11.1 Å². The summed E-state index contributed by atoms with van der Waals surface area (Å²) in [5.74, 6) is -0.594. The zero-order valence-electron chi connectivity index (χ0n) is 13.0. The molecule has 3 N–H and O–H groups in total. The van der Waals surface area contributed by atoms with Crippen LogP contribution in [0, 0.1) is 0 Å². The highest BCUT2D eigenvalue weighted by atomic mass is 16.2. The Morgan fingerprint density at radius 2 is 1.41 bits per heavy atom. The van der Waals surface area contributed by atoms with Gasteiger partial charge in [-0.05, 0) is 56.2 Å². The zero-order chi connectivity index (χ0) is 16.3. The Morgan fingerprint density at radius 3 is 1.91 bits per heavy atom. The monoisotopic (exact) mass is 296 g/mol. The largest absolute Gasteiger partial charge is 0.366 e. The second-order valence-corrected chi connectivity index (χ2v) is 6.23. The van der Waals surface area contributed by atoms with Gasteiger partial charge in [-0.1, -0.05) is 24.3 Å². The molecule has 0 saturated carbocycles. The summed E-state index contributed by atoms with van der Waals surface area (Å²) >= 11 is 0. The van der Waals surface area contributed by atoms with E-state index in [9.17, 15) is 9.59 Å². The molecule has 2 aromatic rings. The van der Waals surface area contributed by atoms with Gasteiger partial charge in [0.1, 0.15) is 0 Å². The molecule has 2 rings (SSSR count). The maximum Gasteiger partial charge on any atom is 0.251 e. The number of carbonyl (C=O) groups is 2. The summed E-state index contributed by atoms with van der Waals surface area (Å²) in [4.78, 5) is 23.5. The smallest absolute Gasteiger partial charge is 0.251 e. The van der Waals surface area contributed by atoms with Crippen molar-refractivity contribution in [3.63, 3.8) is 0 Å². The van der Waals surface area contributed by atoms with Crippen molar-refractivity contribution < 1.29 is 9.59 Å². The van der Waals surface area contributed by atoms with Crippen LogP contribution in [-0.4, -0.2) is 17.4 Å². The number of hydrogen-bond donors (Lipinski definition) is 2. The predicted octanol–water partition coefficient (Wildman–Crippen LogP) is 2.98. The number of nitrogens with one attached hydrogen (secondary N) is 1. The van der Waals surface area contributed by atoms with Gasteiger partial charge in [0.15, 0.2) is 0 Å². The van der Waals surface area contributed by atoms with Crippen LogP contribution in [0.15, 0.2) is 48.5 Å². The first-order chi connectivity index (χ1) is 10.3. The first-order valence-electron chi connectivity index (χ1n) is 7.09. The number of hydrogen-bond acceptors (Lipinski definition) is 2. The Hall–Kier alpha value is -2.62. The molecule has 0 saturated heterocycles. The molecule has 0 aliphatic heterocycles. The molecule has 0 aliphatic rings. The molecule has 0 aromatic heterocycles. The molecule has 0 aliphatic carbocycles. The summed E-state index contributed by atoms with van der Waals surface area (Å²) in [5, 5.41) is 2.93. The van der Waals surface area contributed by atoms with Crippen molar-refractivity contribution in [2.45, 2.75) is 26.3 Å². The average molecular weight is 296 g/mol. The third-order valence-electron chi connectivity index (χ3n) is 3.09. The molecule has 0 fully saturated rings. The molecule has 4 nitrogen and oxygen atoms in total. The number of rotatable bonds is 3. The number of carbonyl (C=O) groups excluding carboxylic acids is 2. The van der Waals surface area contributed by atoms with Gasteiger partial charge in [-0.25, -0.2) is 0 Å². The summed E-state index contributed by atoms with van der Waals surface area (Å²) in [6.07, 6.45) is 0. The molecule has 2 aromatic carbocycles. The lowest BCUT2D eigenvalue weighted by Gasteiger charge is -2.20. The van der Waals surface area contributed by atoms with Crippen LogP contribution in [0.4, 0.5) is 0 Å². The van der Waals surface area contributed by atoms with Gasteiger partial charge in [0.2, 0.25) is 5.91 Å². The van der Waals surface area contributed by atoms with Gasteiger partial charge in [0, 0.05) is 16.7 Å². The molecule has 0 unspecified atom stereocenters. The summed E-state index contributed by atoms with van der Waals surface area (Å²) in [6, 6.07) is 14.3. The van der Waals surface area contributed by atoms with E-state index >= 15 is 0 Å². The first kappa shape index (κ1) is 15.8. The van der Waals surface area contributed by atoms with Gasteiger partial charge in [0.25, 0.3) is 5.91 Å². The van der Waals surface area contributed by atoms with Crippen molar-refractivity contribution >= 4 is 11.8 Å². The van der Waals surface area contributed by atoms with Crippen LogP contribution in [-0.2, 0) is 0 Å². The van der Waals surface area contributed by atoms with Crippen molar-refractivity contribution in [3.8, 4) is 11.1 Å². The molecule has 2 amide bonds. The molecule has 22 heavy (non-hydrogen) atoms. The highest BCUT2D eigenvalue weighted by Gasteiger charge is 2.15. The van der Waals surface area contributed by atoms with E-state index in [1.165, 1.54) is 0 Å². The molecule has 4 heteroatoms. The molecule has 0 atom stereocenters. The normalized spacial score (nSPS) is 11.0. The molecular weight excluding hydrogens is 276 g/mol. The number of primary amides is 1. The minimum Gasteiger partial charge on any atom is -0.366 e. The van der Waals surface area contributed by atoms with Gasteiger partial charge >= 0.3 is 0 Å².